The number of halogens is 1. The smallest absolute Gasteiger partial charge is 0.228 e. The Bertz CT molecular complexity index is 886. The normalized spacial score (nSPS) is 10.6. The molecule has 0 fully saturated rings. The summed E-state index contributed by atoms with van der Waals surface area (Å²) >= 11 is 5.86. The van der Waals surface area contributed by atoms with Gasteiger partial charge in [0.15, 0.2) is 0 Å². The van der Waals surface area contributed by atoms with E-state index in [2.05, 4.69) is 10.4 Å². The number of anilines is 1. The predicted molar refractivity (Wildman–Crippen MR) is 103 cm³/mol. The molecule has 1 N–H and O–H groups in total. The fourth-order valence-electron chi connectivity index (χ4n) is 2.59. The number of carbonyl (C=O) groups is 1. The van der Waals surface area contributed by atoms with Crippen molar-refractivity contribution in [2.24, 2.45) is 7.05 Å². The predicted octanol–water partition coefficient (Wildman–Crippen LogP) is 4.61. The van der Waals surface area contributed by atoms with Crippen LogP contribution in [0.2, 0.25) is 5.02 Å². The molecule has 3 rings (SSSR count). The van der Waals surface area contributed by atoms with Gasteiger partial charge in [-0.05, 0) is 48.4 Å². The minimum atomic E-state index is -0.0703. The third-order valence-corrected chi connectivity index (χ3v) is 4.10. The second-order valence-corrected chi connectivity index (χ2v) is 6.38. The number of amides is 1. The molecular weight excluding hydrogens is 350 g/mol. The summed E-state index contributed by atoms with van der Waals surface area (Å²) in [5, 5.41) is 7.91. The van der Waals surface area contributed by atoms with Crippen molar-refractivity contribution in [2.75, 3.05) is 5.32 Å². The van der Waals surface area contributed by atoms with Gasteiger partial charge in [0.05, 0.1) is 17.8 Å². The Labute approximate surface area is 157 Å². The van der Waals surface area contributed by atoms with Crippen LogP contribution in [0.5, 0.6) is 11.5 Å². The molecule has 0 saturated carbocycles. The first-order valence-electron chi connectivity index (χ1n) is 8.38. The van der Waals surface area contributed by atoms with Crippen molar-refractivity contribution in [3.8, 4) is 11.5 Å². The van der Waals surface area contributed by atoms with E-state index in [0.29, 0.717) is 22.9 Å². The maximum Gasteiger partial charge on any atom is 0.228 e. The van der Waals surface area contributed by atoms with E-state index in [1.54, 1.807) is 16.8 Å². The monoisotopic (exact) mass is 369 g/mol. The van der Waals surface area contributed by atoms with Crippen molar-refractivity contribution >= 4 is 23.2 Å². The highest BCUT2D eigenvalue weighted by molar-refractivity contribution is 6.30. The van der Waals surface area contributed by atoms with Crippen LogP contribution in [0.3, 0.4) is 0 Å². The first-order valence-corrected chi connectivity index (χ1v) is 8.76. The molecule has 1 aromatic heterocycles. The number of benzene rings is 2. The molecule has 1 amide bonds. The van der Waals surface area contributed by atoms with Gasteiger partial charge in [-0.25, -0.2) is 0 Å². The molecule has 6 heteroatoms. The molecule has 0 unspecified atom stereocenters. The van der Waals surface area contributed by atoms with Gasteiger partial charge in [-0.2, -0.15) is 5.10 Å². The minimum Gasteiger partial charge on any atom is -0.457 e. The fraction of sp³-hybridized carbons (Fsp3) is 0.200. The van der Waals surface area contributed by atoms with E-state index in [-0.39, 0.29) is 5.91 Å². The highest BCUT2D eigenvalue weighted by atomic mass is 35.5. The molecule has 0 aliphatic heterocycles. The van der Waals surface area contributed by atoms with E-state index >= 15 is 0 Å². The summed E-state index contributed by atoms with van der Waals surface area (Å²) in [7, 11) is 1.84. The number of hydrogen-bond acceptors (Lipinski definition) is 3. The van der Waals surface area contributed by atoms with Crippen molar-refractivity contribution in [1.82, 2.24) is 9.78 Å². The van der Waals surface area contributed by atoms with Crippen molar-refractivity contribution in [1.29, 1.82) is 0 Å². The first-order chi connectivity index (χ1) is 12.5. The van der Waals surface area contributed by atoms with Crippen LogP contribution in [0.15, 0.2) is 54.7 Å². The van der Waals surface area contributed by atoms with Crippen LogP contribution in [-0.4, -0.2) is 15.7 Å². The Morgan fingerprint density at radius 1 is 1.12 bits per heavy atom. The second kappa shape index (κ2) is 8.06. The average molecular weight is 370 g/mol. The molecule has 0 aliphatic rings. The topological polar surface area (TPSA) is 56.2 Å². The van der Waals surface area contributed by atoms with Crippen LogP contribution >= 0.6 is 11.6 Å². The molecule has 0 atom stereocenters. The van der Waals surface area contributed by atoms with E-state index in [0.717, 1.165) is 23.4 Å². The molecule has 26 heavy (non-hydrogen) atoms. The first kappa shape index (κ1) is 18.0. The van der Waals surface area contributed by atoms with Crippen molar-refractivity contribution < 1.29 is 9.53 Å². The fourth-order valence-corrected chi connectivity index (χ4v) is 2.72. The Morgan fingerprint density at radius 3 is 2.35 bits per heavy atom. The zero-order valence-electron chi connectivity index (χ0n) is 14.7. The SMILES string of the molecule is CCc1nn(C)cc1NC(=O)Cc1ccc(Oc2ccc(Cl)cc2)cc1. The van der Waals surface area contributed by atoms with Gasteiger partial charge >= 0.3 is 0 Å². The maximum absolute atomic E-state index is 12.3. The van der Waals surface area contributed by atoms with Gasteiger partial charge in [0.25, 0.3) is 0 Å². The third kappa shape index (κ3) is 4.64. The van der Waals surface area contributed by atoms with E-state index < -0.39 is 0 Å². The second-order valence-electron chi connectivity index (χ2n) is 5.94. The van der Waals surface area contributed by atoms with Crippen LogP contribution < -0.4 is 10.1 Å². The van der Waals surface area contributed by atoms with Crippen LogP contribution in [0.1, 0.15) is 18.2 Å². The van der Waals surface area contributed by atoms with Gasteiger partial charge in [0.1, 0.15) is 11.5 Å². The number of rotatable bonds is 6. The van der Waals surface area contributed by atoms with Gasteiger partial charge < -0.3 is 10.1 Å². The molecule has 0 aliphatic carbocycles. The lowest BCUT2D eigenvalue weighted by molar-refractivity contribution is -0.115. The van der Waals surface area contributed by atoms with Gasteiger partial charge in [0, 0.05) is 18.3 Å². The van der Waals surface area contributed by atoms with E-state index in [1.807, 2.05) is 56.6 Å². The van der Waals surface area contributed by atoms with Crippen molar-refractivity contribution in [2.45, 2.75) is 19.8 Å². The molecule has 1 heterocycles. The van der Waals surface area contributed by atoms with Crippen LogP contribution in [0, 0.1) is 0 Å². The zero-order chi connectivity index (χ0) is 18.5. The van der Waals surface area contributed by atoms with Gasteiger partial charge in [-0.15, -0.1) is 0 Å². The number of nitrogens with one attached hydrogen (secondary N) is 1. The Kier molecular flexibility index (Phi) is 5.58. The minimum absolute atomic E-state index is 0.0703. The molecule has 134 valence electrons. The summed E-state index contributed by atoms with van der Waals surface area (Å²) in [6.07, 6.45) is 2.88. The third-order valence-electron chi connectivity index (χ3n) is 3.85. The Hall–Kier alpha value is -2.79. The summed E-state index contributed by atoms with van der Waals surface area (Å²) in [6, 6.07) is 14.6. The number of carbonyl (C=O) groups excluding carboxylic acids is 1. The van der Waals surface area contributed by atoms with Crippen LogP contribution in [-0.2, 0) is 24.7 Å². The number of aryl methyl sites for hydroxylation is 2. The Balaban J connectivity index is 1.59. The summed E-state index contributed by atoms with van der Waals surface area (Å²) in [6.45, 7) is 2.01. The van der Waals surface area contributed by atoms with E-state index in [4.69, 9.17) is 16.3 Å². The lowest BCUT2D eigenvalue weighted by Gasteiger charge is -2.08. The molecule has 2 aromatic carbocycles. The molecule has 0 saturated heterocycles. The van der Waals surface area contributed by atoms with Crippen LogP contribution in [0.4, 0.5) is 5.69 Å². The number of ether oxygens (including phenoxy) is 1. The standard InChI is InChI=1S/C20H20ClN3O2/c1-3-18-19(13-24(2)23-18)22-20(25)12-14-4-8-16(9-5-14)26-17-10-6-15(21)7-11-17/h4-11,13H,3,12H2,1-2H3,(H,22,25). The summed E-state index contributed by atoms with van der Waals surface area (Å²) < 4.78 is 7.46. The lowest BCUT2D eigenvalue weighted by atomic mass is 10.1. The molecule has 0 bridgehead atoms. The molecule has 5 nitrogen and oxygen atoms in total. The van der Waals surface area contributed by atoms with Gasteiger partial charge in [-0.1, -0.05) is 30.7 Å². The highest BCUT2D eigenvalue weighted by Gasteiger charge is 2.10. The van der Waals surface area contributed by atoms with E-state index in [1.165, 1.54) is 0 Å². The maximum atomic E-state index is 12.3. The molecule has 0 radical (unpaired) electrons. The lowest BCUT2D eigenvalue weighted by Crippen LogP contribution is -2.14. The van der Waals surface area contributed by atoms with Crippen molar-refractivity contribution in [3.05, 3.63) is 71.0 Å². The number of nitrogens with zero attached hydrogens (tertiary/aromatic N) is 2. The van der Waals surface area contributed by atoms with E-state index in [9.17, 15) is 4.79 Å². The van der Waals surface area contributed by atoms with Crippen molar-refractivity contribution in [3.63, 3.8) is 0 Å². The number of hydrogen-bond donors (Lipinski definition) is 1. The number of aromatic nitrogens is 2. The summed E-state index contributed by atoms with van der Waals surface area (Å²) in [5.74, 6) is 1.35. The zero-order valence-corrected chi connectivity index (χ0v) is 15.5. The molecular formula is C20H20ClN3O2. The van der Waals surface area contributed by atoms with Gasteiger partial charge in [0.2, 0.25) is 5.91 Å². The van der Waals surface area contributed by atoms with Crippen LogP contribution in [0.25, 0.3) is 0 Å². The quantitative estimate of drug-likeness (QED) is 0.690. The highest BCUT2D eigenvalue weighted by Crippen LogP contribution is 2.23. The molecule has 3 aromatic rings. The average Bonchev–Trinajstić information content (AvgIpc) is 2.98. The molecule has 0 spiro atoms. The largest absolute Gasteiger partial charge is 0.457 e. The Morgan fingerprint density at radius 2 is 1.73 bits per heavy atom. The summed E-state index contributed by atoms with van der Waals surface area (Å²) in [4.78, 5) is 12.3. The summed E-state index contributed by atoms with van der Waals surface area (Å²) in [5.41, 5.74) is 2.56. The van der Waals surface area contributed by atoms with Gasteiger partial charge in [-0.3, -0.25) is 9.48 Å².